The molecule has 0 fully saturated rings. The van der Waals surface area contributed by atoms with Crippen LogP contribution in [0, 0.1) is 0 Å². The maximum atomic E-state index is 11.9. The van der Waals surface area contributed by atoms with Crippen LogP contribution in [0.4, 0.5) is 5.69 Å². The maximum absolute atomic E-state index is 11.9. The first-order valence-corrected chi connectivity index (χ1v) is 5.61. The summed E-state index contributed by atoms with van der Waals surface area (Å²) >= 11 is 0. The Labute approximate surface area is 100 Å². The Hall–Kier alpha value is -1.81. The van der Waals surface area contributed by atoms with E-state index in [1.54, 1.807) is 18.2 Å². The van der Waals surface area contributed by atoms with E-state index in [0.29, 0.717) is 13.0 Å². The minimum atomic E-state index is 0.0749. The Morgan fingerprint density at radius 1 is 1.41 bits per heavy atom. The molecule has 1 N–H and O–H groups in total. The summed E-state index contributed by atoms with van der Waals surface area (Å²) in [6.45, 7) is 0.680. The van der Waals surface area contributed by atoms with E-state index >= 15 is 0 Å². The van der Waals surface area contributed by atoms with Crippen molar-refractivity contribution >= 4 is 22.6 Å². The van der Waals surface area contributed by atoms with Crippen molar-refractivity contribution in [1.82, 2.24) is 5.32 Å². The normalized spacial score (nSPS) is 10.7. The molecule has 1 aromatic heterocycles. The average molecular weight is 232 g/mol. The summed E-state index contributed by atoms with van der Waals surface area (Å²) < 4.78 is 5.42. The summed E-state index contributed by atoms with van der Waals surface area (Å²) in [4.78, 5) is 13.5. The molecule has 1 heterocycles. The molecule has 90 valence electrons. The van der Waals surface area contributed by atoms with Gasteiger partial charge in [0.05, 0.1) is 5.69 Å². The third kappa shape index (κ3) is 2.31. The molecule has 0 radical (unpaired) electrons. The molecule has 0 saturated carbocycles. The highest BCUT2D eigenvalue weighted by molar-refractivity contribution is 6.02. The zero-order chi connectivity index (χ0) is 12.3. The van der Waals surface area contributed by atoms with Crippen molar-refractivity contribution in [3.05, 3.63) is 30.5 Å². The second kappa shape index (κ2) is 5.01. The van der Waals surface area contributed by atoms with E-state index in [1.807, 2.05) is 31.3 Å². The second-order valence-electron chi connectivity index (χ2n) is 3.92. The highest BCUT2D eigenvalue weighted by Gasteiger charge is 2.15. The van der Waals surface area contributed by atoms with E-state index in [2.05, 4.69) is 5.32 Å². The minimum absolute atomic E-state index is 0.0749. The van der Waals surface area contributed by atoms with Crippen molar-refractivity contribution in [1.29, 1.82) is 0 Å². The van der Waals surface area contributed by atoms with Gasteiger partial charge in [-0.15, -0.1) is 0 Å². The number of nitrogens with zero attached hydrogens (tertiary/aromatic N) is 1. The van der Waals surface area contributed by atoms with Crippen LogP contribution in [0.15, 0.2) is 34.9 Å². The summed E-state index contributed by atoms with van der Waals surface area (Å²) in [7, 11) is 3.61. The number of fused-ring (bicyclic) bond motifs is 1. The van der Waals surface area contributed by atoms with Crippen molar-refractivity contribution in [2.75, 3.05) is 25.5 Å². The van der Waals surface area contributed by atoms with Gasteiger partial charge in [-0.25, -0.2) is 0 Å². The molecule has 0 spiro atoms. The van der Waals surface area contributed by atoms with Crippen LogP contribution in [0.2, 0.25) is 0 Å². The summed E-state index contributed by atoms with van der Waals surface area (Å²) in [6, 6.07) is 7.70. The average Bonchev–Trinajstić information content (AvgIpc) is 2.78. The molecular formula is C13H16N2O2. The van der Waals surface area contributed by atoms with Crippen molar-refractivity contribution in [2.45, 2.75) is 6.42 Å². The molecule has 0 unspecified atom stereocenters. The number of furan rings is 1. The van der Waals surface area contributed by atoms with E-state index in [1.165, 1.54) is 0 Å². The van der Waals surface area contributed by atoms with Gasteiger partial charge in [0.1, 0.15) is 11.8 Å². The lowest BCUT2D eigenvalue weighted by Crippen LogP contribution is -2.28. The number of carbonyl (C=O) groups excluding carboxylic acids is 1. The molecule has 1 aromatic carbocycles. The van der Waals surface area contributed by atoms with Crippen LogP contribution in [0.1, 0.15) is 6.42 Å². The SMILES string of the molecule is CNCCC(=O)N(C)c1coc2ccccc12. The van der Waals surface area contributed by atoms with Gasteiger partial charge in [-0.3, -0.25) is 4.79 Å². The first-order valence-electron chi connectivity index (χ1n) is 5.61. The van der Waals surface area contributed by atoms with Crippen LogP contribution in [0.25, 0.3) is 11.0 Å². The Balaban J connectivity index is 2.24. The maximum Gasteiger partial charge on any atom is 0.228 e. The Kier molecular flexibility index (Phi) is 3.44. The quantitative estimate of drug-likeness (QED) is 0.877. The predicted octanol–water partition coefficient (Wildman–Crippen LogP) is 2.01. The molecule has 0 aliphatic carbocycles. The molecule has 2 aromatic rings. The van der Waals surface area contributed by atoms with Gasteiger partial charge in [0.25, 0.3) is 0 Å². The number of rotatable bonds is 4. The molecule has 0 aliphatic heterocycles. The fourth-order valence-electron chi connectivity index (χ4n) is 1.76. The lowest BCUT2D eigenvalue weighted by molar-refractivity contribution is -0.118. The molecular weight excluding hydrogens is 216 g/mol. The molecule has 2 rings (SSSR count). The van der Waals surface area contributed by atoms with Crippen molar-refractivity contribution < 1.29 is 9.21 Å². The first-order chi connectivity index (χ1) is 8.24. The van der Waals surface area contributed by atoms with E-state index in [-0.39, 0.29) is 5.91 Å². The number of hydrogen-bond acceptors (Lipinski definition) is 3. The standard InChI is InChI=1S/C13H16N2O2/c1-14-8-7-13(16)15(2)11-9-17-12-6-4-3-5-10(11)12/h3-6,9,14H,7-8H2,1-2H3. The van der Waals surface area contributed by atoms with Gasteiger partial charge in [0, 0.05) is 25.4 Å². The fraction of sp³-hybridized carbons (Fsp3) is 0.308. The van der Waals surface area contributed by atoms with Gasteiger partial charge < -0.3 is 14.6 Å². The van der Waals surface area contributed by atoms with Crippen LogP contribution < -0.4 is 10.2 Å². The van der Waals surface area contributed by atoms with Crippen molar-refractivity contribution in [3.63, 3.8) is 0 Å². The van der Waals surface area contributed by atoms with E-state index in [9.17, 15) is 4.79 Å². The predicted molar refractivity (Wildman–Crippen MR) is 68.2 cm³/mol. The van der Waals surface area contributed by atoms with Crippen LogP contribution in [-0.2, 0) is 4.79 Å². The van der Waals surface area contributed by atoms with Crippen LogP contribution in [-0.4, -0.2) is 26.5 Å². The largest absolute Gasteiger partial charge is 0.462 e. The van der Waals surface area contributed by atoms with Crippen LogP contribution >= 0.6 is 0 Å². The number of nitrogens with one attached hydrogen (secondary N) is 1. The molecule has 0 aliphatic rings. The third-order valence-corrected chi connectivity index (χ3v) is 2.78. The Bertz CT molecular complexity index is 519. The highest BCUT2D eigenvalue weighted by atomic mass is 16.3. The van der Waals surface area contributed by atoms with E-state index in [4.69, 9.17) is 4.42 Å². The van der Waals surface area contributed by atoms with Crippen molar-refractivity contribution in [2.24, 2.45) is 0 Å². The summed E-state index contributed by atoms with van der Waals surface area (Å²) in [5, 5.41) is 3.93. The van der Waals surface area contributed by atoms with Gasteiger partial charge in [-0.1, -0.05) is 12.1 Å². The summed E-state index contributed by atoms with van der Waals surface area (Å²) in [5.74, 6) is 0.0749. The molecule has 0 saturated heterocycles. The van der Waals surface area contributed by atoms with Gasteiger partial charge in [0.2, 0.25) is 5.91 Å². The van der Waals surface area contributed by atoms with Gasteiger partial charge in [0.15, 0.2) is 0 Å². The minimum Gasteiger partial charge on any atom is -0.462 e. The van der Waals surface area contributed by atoms with E-state index < -0.39 is 0 Å². The molecule has 0 bridgehead atoms. The highest BCUT2D eigenvalue weighted by Crippen LogP contribution is 2.28. The number of para-hydroxylation sites is 1. The van der Waals surface area contributed by atoms with Crippen molar-refractivity contribution in [3.8, 4) is 0 Å². The molecule has 17 heavy (non-hydrogen) atoms. The Morgan fingerprint density at radius 2 is 2.18 bits per heavy atom. The molecule has 4 heteroatoms. The summed E-state index contributed by atoms with van der Waals surface area (Å²) in [6.07, 6.45) is 2.11. The van der Waals surface area contributed by atoms with E-state index in [0.717, 1.165) is 16.7 Å². The number of carbonyl (C=O) groups is 1. The molecule has 1 amide bonds. The first kappa shape index (κ1) is 11.7. The summed E-state index contributed by atoms with van der Waals surface area (Å²) in [5.41, 5.74) is 1.62. The fourth-order valence-corrected chi connectivity index (χ4v) is 1.76. The zero-order valence-corrected chi connectivity index (χ0v) is 10.1. The van der Waals surface area contributed by atoms with Gasteiger partial charge in [-0.05, 0) is 19.2 Å². The second-order valence-corrected chi connectivity index (χ2v) is 3.92. The smallest absolute Gasteiger partial charge is 0.228 e. The lowest BCUT2D eigenvalue weighted by atomic mass is 10.2. The third-order valence-electron chi connectivity index (χ3n) is 2.78. The van der Waals surface area contributed by atoms with Crippen LogP contribution in [0.5, 0.6) is 0 Å². The Morgan fingerprint density at radius 3 is 2.94 bits per heavy atom. The number of anilines is 1. The van der Waals surface area contributed by atoms with Crippen LogP contribution in [0.3, 0.4) is 0 Å². The molecule has 0 atom stereocenters. The number of benzene rings is 1. The lowest BCUT2D eigenvalue weighted by Gasteiger charge is -2.15. The molecule has 4 nitrogen and oxygen atoms in total. The van der Waals surface area contributed by atoms with Gasteiger partial charge >= 0.3 is 0 Å². The number of amides is 1. The monoisotopic (exact) mass is 232 g/mol. The topological polar surface area (TPSA) is 45.5 Å². The zero-order valence-electron chi connectivity index (χ0n) is 10.1. The van der Waals surface area contributed by atoms with Gasteiger partial charge in [-0.2, -0.15) is 0 Å². The number of hydrogen-bond donors (Lipinski definition) is 1.